The van der Waals surface area contributed by atoms with Crippen molar-refractivity contribution in [3.05, 3.63) is 87.9 Å². The van der Waals surface area contributed by atoms with Gasteiger partial charge in [-0.1, -0.05) is 71.4 Å². The number of benzene rings is 2. The highest BCUT2D eigenvalue weighted by atomic mass is 79.9. The van der Waals surface area contributed by atoms with Gasteiger partial charge in [-0.2, -0.15) is 0 Å². The van der Waals surface area contributed by atoms with Crippen molar-refractivity contribution in [2.45, 2.75) is 25.9 Å². The molecule has 1 heterocycles. The minimum absolute atomic E-state index is 0. The van der Waals surface area contributed by atoms with Gasteiger partial charge in [-0.05, 0) is 36.1 Å². The molecule has 0 aliphatic heterocycles. The lowest BCUT2D eigenvalue weighted by Crippen LogP contribution is -2.20. The number of aromatic amines is 1. The molecule has 8 heteroatoms. The fourth-order valence-corrected chi connectivity index (χ4v) is 3.71. The van der Waals surface area contributed by atoms with Crippen molar-refractivity contribution in [3.63, 3.8) is 0 Å². The van der Waals surface area contributed by atoms with E-state index in [1.165, 1.54) is 5.56 Å². The van der Waals surface area contributed by atoms with Crippen LogP contribution in [0, 0.1) is 0 Å². The monoisotopic (exact) mass is 512 g/mol. The number of aliphatic imine (C=N–C) groups is 1. The van der Waals surface area contributed by atoms with Crippen molar-refractivity contribution in [3.8, 4) is 0 Å². The number of halogens is 3. The summed E-state index contributed by atoms with van der Waals surface area (Å²) in [6.45, 7) is 1.30. The van der Waals surface area contributed by atoms with E-state index in [0.29, 0.717) is 16.6 Å². The molecule has 0 amide bonds. The van der Waals surface area contributed by atoms with Crippen molar-refractivity contribution in [2.24, 2.45) is 4.99 Å². The molecule has 3 aromatic rings. The molecule has 2 aromatic carbocycles. The molecule has 3 rings (SSSR count). The first kappa shape index (κ1) is 23.8. The molecule has 2 N–H and O–H groups in total. The summed E-state index contributed by atoms with van der Waals surface area (Å²) >= 11 is 13.8. The second-order valence-corrected chi connectivity index (χ2v) is 8.14. The first-order chi connectivity index (χ1) is 13.7. The average molecular weight is 514 g/mol. The van der Waals surface area contributed by atoms with Gasteiger partial charge < -0.3 is 10.3 Å². The number of thioether (sulfide) groups is 1. The van der Waals surface area contributed by atoms with Crippen LogP contribution >= 0.6 is 51.9 Å². The summed E-state index contributed by atoms with van der Waals surface area (Å²) in [6, 6.07) is 15.9. The molecule has 1 aromatic heterocycles. The molecule has 154 valence electrons. The Morgan fingerprint density at radius 1 is 1.07 bits per heavy atom. The van der Waals surface area contributed by atoms with Gasteiger partial charge in [0.2, 0.25) is 0 Å². The number of nitrogens with one attached hydrogen (secondary N) is 2. The Kier molecular flexibility index (Phi) is 10.6. The Labute approximate surface area is 196 Å². The molecule has 0 fully saturated rings. The second kappa shape index (κ2) is 13.0. The van der Waals surface area contributed by atoms with Gasteiger partial charge in [0.15, 0.2) is 5.17 Å². The lowest BCUT2D eigenvalue weighted by molar-refractivity contribution is 0.897. The predicted octanol–water partition coefficient (Wildman–Crippen LogP) is 6.31. The SMILES string of the molecule is Br.Clc1ccc(CN=C(NCc2ccccc2)SCCCc2cnc[nH]2)cc1Cl. The van der Waals surface area contributed by atoms with Crippen LogP contribution in [0.1, 0.15) is 23.2 Å². The minimum Gasteiger partial charge on any atom is -0.361 e. The summed E-state index contributed by atoms with van der Waals surface area (Å²) in [5.41, 5.74) is 3.42. The normalized spacial score (nSPS) is 11.2. The van der Waals surface area contributed by atoms with Crippen molar-refractivity contribution < 1.29 is 0 Å². The van der Waals surface area contributed by atoms with E-state index in [2.05, 4.69) is 27.4 Å². The first-order valence-electron chi connectivity index (χ1n) is 9.07. The number of H-pyrrole nitrogens is 1. The van der Waals surface area contributed by atoms with Crippen LogP contribution in [-0.2, 0) is 19.5 Å². The van der Waals surface area contributed by atoms with Crippen LogP contribution in [-0.4, -0.2) is 20.9 Å². The third-order valence-corrected chi connectivity index (χ3v) is 5.84. The zero-order valence-electron chi connectivity index (χ0n) is 15.8. The molecule has 0 saturated heterocycles. The van der Waals surface area contributed by atoms with Crippen LogP contribution in [0.3, 0.4) is 0 Å². The number of rotatable bonds is 8. The maximum absolute atomic E-state index is 6.11. The molecule has 0 unspecified atom stereocenters. The first-order valence-corrected chi connectivity index (χ1v) is 10.8. The molecule has 0 bridgehead atoms. The van der Waals surface area contributed by atoms with Crippen molar-refractivity contribution in [1.29, 1.82) is 0 Å². The molecule has 0 radical (unpaired) electrons. The summed E-state index contributed by atoms with van der Waals surface area (Å²) in [7, 11) is 0. The Hall–Kier alpha value is -1.47. The van der Waals surface area contributed by atoms with Gasteiger partial charge in [0, 0.05) is 24.2 Å². The van der Waals surface area contributed by atoms with Crippen molar-refractivity contribution in [1.82, 2.24) is 15.3 Å². The number of hydrogen-bond acceptors (Lipinski definition) is 3. The Bertz CT molecular complexity index is 889. The number of imidazole rings is 1. The van der Waals surface area contributed by atoms with Gasteiger partial charge in [-0.3, -0.25) is 4.99 Å². The zero-order chi connectivity index (χ0) is 19.6. The van der Waals surface area contributed by atoms with Crippen LogP contribution in [0.2, 0.25) is 10.0 Å². The summed E-state index contributed by atoms with van der Waals surface area (Å²) in [5.74, 6) is 0.973. The quantitative estimate of drug-likeness (QED) is 0.211. The van der Waals surface area contributed by atoms with Crippen LogP contribution in [0.15, 0.2) is 66.0 Å². The molecular weight excluding hydrogens is 491 g/mol. The van der Waals surface area contributed by atoms with Gasteiger partial charge >= 0.3 is 0 Å². The molecule has 4 nitrogen and oxygen atoms in total. The predicted molar refractivity (Wildman–Crippen MR) is 131 cm³/mol. The Balaban J connectivity index is 0.00000300. The largest absolute Gasteiger partial charge is 0.361 e. The molecule has 0 aliphatic carbocycles. The van der Waals surface area contributed by atoms with Crippen LogP contribution in [0.25, 0.3) is 0 Å². The molecular formula is C21H23BrCl2N4S. The standard InChI is InChI=1S/C21H22Cl2N4S.BrH/c22-19-9-8-17(11-20(19)23)13-26-21(25-12-16-5-2-1-3-6-16)28-10-4-7-18-14-24-15-27-18;/h1-3,5-6,8-9,11,14-15H,4,7,10,12-13H2,(H,24,27)(H,25,26);1H. The second-order valence-electron chi connectivity index (χ2n) is 6.24. The van der Waals surface area contributed by atoms with Crippen LogP contribution < -0.4 is 5.32 Å². The fourth-order valence-electron chi connectivity index (χ4n) is 2.58. The highest BCUT2D eigenvalue weighted by Gasteiger charge is 2.04. The molecule has 29 heavy (non-hydrogen) atoms. The number of amidine groups is 1. The van der Waals surface area contributed by atoms with E-state index in [9.17, 15) is 0 Å². The van der Waals surface area contributed by atoms with E-state index < -0.39 is 0 Å². The van der Waals surface area contributed by atoms with Gasteiger partial charge in [0.05, 0.1) is 22.9 Å². The van der Waals surface area contributed by atoms with Crippen molar-refractivity contribution >= 4 is 57.1 Å². The maximum Gasteiger partial charge on any atom is 0.157 e. The van der Waals surface area contributed by atoms with Gasteiger partial charge in [-0.25, -0.2) is 4.98 Å². The highest BCUT2D eigenvalue weighted by molar-refractivity contribution is 8.93. The Morgan fingerprint density at radius 2 is 1.90 bits per heavy atom. The van der Waals surface area contributed by atoms with E-state index >= 15 is 0 Å². The third kappa shape index (κ3) is 8.42. The molecule has 0 atom stereocenters. The maximum atomic E-state index is 6.11. The van der Waals surface area contributed by atoms with Gasteiger partial charge in [0.1, 0.15) is 0 Å². The fraction of sp³-hybridized carbons (Fsp3) is 0.238. The average Bonchev–Trinajstić information content (AvgIpc) is 3.23. The smallest absolute Gasteiger partial charge is 0.157 e. The third-order valence-electron chi connectivity index (χ3n) is 4.06. The van der Waals surface area contributed by atoms with E-state index in [1.807, 2.05) is 42.6 Å². The molecule has 0 aliphatic rings. The number of nitrogens with zero attached hydrogens (tertiary/aromatic N) is 2. The van der Waals surface area contributed by atoms with Crippen LogP contribution in [0.4, 0.5) is 0 Å². The minimum atomic E-state index is 0. The van der Waals surface area contributed by atoms with E-state index in [-0.39, 0.29) is 17.0 Å². The molecule has 0 saturated carbocycles. The Morgan fingerprint density at radius 3 is 2.62 bits per heavy atom. The summed E-state index contributed by atoms with van der Waals surface area (Å²) in [6.07, 6.45) is 5.61. The van der Waals surface area contributed by atoms with E-state index in [1.54, 1.807) is 18.1 Å². The van der Waals surface area contributed by atoms with Gasteiger partial charge in [0.25, 0.3) is 0 Å². The van der Waals surface area contributed by atoms with Crippen LogP contribution in [0.5, 0.6) is 0 Å². The topological polar surface area (TPSA) is 53.1 Å². The lowest BCUT2D eigenvalue weighted by atomic mass is 10.2. The van der Waals surface area contributed by atoms with E-state index in [0.717, 1.165) is 41.6 Å². The summed E-state index contributed by atoms with van der Waals surface area (Å²) < 4.78 is 0. The summed E-state index contributed by atoms with van der Waals surface area (Å²) in [5, 5.41) is 5.51. The van der Waals surface area contributed by atoms with E-state index in [4.69, 9.17) is 28.2 Å². The zero-order valence-corrected chi connectivity index (χ0v) is 19.8. The van der Waals surface area contributed by atoms with Gasteiger partial charge in [-0.15, -0.1) is 17.0 Å². The van der Waals surface area contributed by atoms with Crippen molar-refractivity contribution in [2.75, 3.05) is 5.75 Å². The lowest BCUT2D eigenvalue weighted by Gasteiger charge is -2.10. The number of aromatic nitrogens is 2. The number of aryl methyl sites for hydroxylation is 1. The highest BCUT2D eigenvalue weighted by Crippen LogP contribution is 2.23. The molecule has 0 spiro atoms. The number of hydrogen-bond donors (Lipinski definition) is 2. The summed E-state index contributed by atoms with van der Waals surface area (Å²) in [4.78, 5) is 12.0.